The Labute approximate surface area is 108 Å². The molecular weight excluding hydrogens is 260 g/mol. The fraction of sp³-hybridized carbons (Fsp3) is 0.600. The summed E-state index contributed by atoms with van der Waals surface area (Å²) in [6, 6.07) is 9.04. The molecule has 0 N–H and O–H groups in total. The topological polar surface area (TPSA) is 0 Å². The molecule has 1 heteroatoms. The van der Waals surface area contributed by atoms with E-state index in [4.69, 9.17) is 0 Å². The second kappa shape index (κ2) is 5.35. The monoisotopic (exact) mass is 280 g/mol. The average Bonchev–Trinajstić information content (AvgIpc) is 2.31. The second-order valence-electron chi connectivity index (χ2n) is 5.10. The van der Waals surface area contributed by atoms with Crippen LogP contribution in [-0.4, -0.2) is 0 Å². The third-order valence-electron chi connectivity index (χ3n) is 4.00. The van der Waals surface area contributed by atoms with Crippen molar-refractivity contribution in [2.75, 3.05) is 0 Å². The highest BCUT2D eigenvalue weighted by Gasteiger charge is 2.32. The number of benzene rings is 1. The maximum Gasteiger partial charge on any atom is 0.0175 e. The lowest BCUT2D eigenvalue weighted by Crippen LogP contribution is -2.28. The molecule has 1 saturated carbocycles. The first-order chi connectivity index (χ1) is 7.77. The Kier molecular flexibility index (Phi) is 4.07. The van der Waals surface area contributed by atoms with Crippen molar-refractivity contribution in [2.24, 2.45) is 0 Å². The third-order valence-corrected chi connectivity index (χ3v) is 4.52. The van der Waals surface area contributed by atoms with Crippen molar-refractivity contribution >= 4 is 15.9 Å². The van der Waals surface area contributed by atoms with E-state index < -0.39 is 0 Å². The van der Waals surface area contributed by atoms with E-state index in [1.54, 1.807) is 5.56 Å². The second-order valence-corrected chi connectivity index (χ2v) is 6.01. The molecule has 0 aliphatic heterocycles. The number of hydrogen-bond donors (Lipinski definition) is 0. The van der Waals surface area contributed by atoms with Crippen LogP contribution in [-0.2, 0) is 5.41 Å². The van der Waals surface area contributed by atoms with Crippen LogP contribution in [0.15, 0.2) is 28.7 Å². The Morgan fingerprint density at radius 3 is 2.25 bits per heavy atom. The van der Waals surface area contributed by atoms with Crippen LogP contribution in [0.25, 0.3) is 0 Å². The van der Waals surface area contributed by atoms with Crippen molar-refractivity contribution in [3.8, 4) is 0 Å². The van der Waals surface area contributed by atoms with E-state index in [0.717, 1.165) is 0 Å². The molecule has 0 saturated heterocycles. The van der Waals surface area contributed by atoms with Crippen molar-refractivity contribution < 1.29 is 0 Å². The predicted molar refractivity (Wildman–Crippen MR) is 73.8 cm³/mol. The predicted octanol–water partition coefficient (Wildman–Crippen LogP) is 5.45. The average molecular weight is 281 g/mol. The van der Waals surface area contributed by atoms with Gasteiger partial charge in [-0.1, -0.05) is 60.7 Å². The molecule has 1 aliphatic rings. The molecule has 0 heterocycles. The van der Waals surface area contributed by atoms with Gasteiger partial charge in [-0.2, -0.15) is 0 Å². The van der Waals surface area contributed by atoms with Crippen molar-refractivity contribution in [1.29, 1.82) is 0 Å². The zero-order valence-electron chi connectivity index (χ0n) is 10.1. The fourth-order valence-corrected chi connectivity index (χ4v) is 3.46. The van der Waals surface area contributed by atoms with Gasteiger partial charge in [0.25, 0.3) is 0 Å². The van der Waals surface area contributed by atoms with Gasteiger partial charge in [-0.05, 0) is 42.4 Å². The summed E-state index contributed by atoms with van der Waals surface area (Å²) < 4.78 is 1.19. The molecule has 0 spiro atoms. The lowest BCUT2D eigenvalue weighted by molar-refractivity contribution is 0.271. The Morgan fingerprint density at radius 2 is 1.69 bits per heavy atom. The van der Waals surface area contributed by atoms with Gasteiger partial charge in [0.2, 0.25) is 0 Å². The molecule has 0 amide bonds. The Bertz CT molecular complexity index is 314. The van der Waals surface area contributed by atoms with E-state index in [-0.39, 0.29) is 0 Å². The minimum Gasteiger partial charge on any atom is -0.0654 e. The van der Waals surface area contributed by atoms with E-state index >= 15 is 0 Å². The lowest BCUT2D eigenvalue weighted by Gasteiger charge is -2.38. The molecule has 1 aromatic rings. The molecule has 0 bridgehead atoms. The normalized spacial score (nSPS) is 19.6. The molecular formula is C15H21Br. The smallest absolute Gasteiger partial charge is 0.0175 e. The molecule has 1 aliphatic carbocycles. The number of halogens is 1. The summed E-state index contributed by atoms with van der Waals surface area (Å²) in [4.78, 5) is 0. The summed E-state index contributed by atoms with van der Waals surface area (Å²) in [5, 5.41) is 0. The van der Waals surface area contributed by atoms with E-state index in [2.05, 4.69) is 47.1 Å². The van der Waals surface area contributed by atoms with Crippen molar-refractivity contribution in [3.63, 3.8) is 0 Å². The summed E-state index contributed by atoms with van der Waals surface area (Å²) in [7, 11) is 0. The van der Waals surface area contributed by atoms with Crippen LogP contribution in [0.3, 0.4) is 0 Å². The first-order valence-electron chi connectivity index (χ1n) is 6.53. The summed E-state index contributed by atoms with van der Waals surface area (Å²) in [6.07, 6.45) is 9.70. The molecule has 0 atom stereocenters. The Balaban J connectivity index is 2.26. The van der Waals surface area contributed by atoms with Crippen LogP contribution in [0.4, 0.5) is 0 Å². The van der Waals surface area contributed by atoms with Gasteiger partial charge in [0.1, 0.15) is 0 Å². The highest BCUT2D eigenvalue weighted by Crippen LogP contribution is 2.43. The largest absolute Gasteiger partial charge is 0.0654 e. The zero-order chi connectivity index (χ0) is 11.4. The van der Waals surface area contributed by atoms with Gasteiger partial charge in [-0.15, -0.1) is 0 Å². The summed E-state index contributed by atoms with van der Waals surface area (Å²) in [5.74, 6) is 0. The summed E-state index contributed by atoms with van der Waals surface area (Å²) in [5.41, 5.74) is 2.06. The van der Waals surface area contributed by atoms with E-state index in [1.807, 2.05) is 0 Å². The van der Waals surface area contributed by atoms with E-state index in [9.17, 15) is 0 Å². The van der Waals surface area contributed by atoms with Crippen LogP contribution in [0.5, 0.6) is 0 Å². The molecule has 0 nitrogen and oxygen atoms in total. The third kappa shape index (κ3) is 2.51. The van der Waals surface area contributed by atoms with Gasteiger partial charge in [0, 0.05) is 4.47 Å². The minimum absolute atomic E-state index is 0.494. The summed E-state index contributed by atoms with van der Waals surface area (Å²) >= 11 is 3.53. The molecule has 1 fully saturated rings. The minimum atomic E-state index is 0.494. The molecule has 0 aromatic heterocycles. The number of hydrogen-bond acceptors (Lipinski definition) is 0. The maximum absolute atomic E-state index is 3.53. The zero-order valence-corrected chi connectivity index (χ0v) is 11.7. The Morgan fingerprint density at radius 1 is 1.06 bits per heavy atom. The van der Waals surface area contributed by atoms with Gasteiger partial charge < -0.3 is 0 Å². The standard InChI is InChI=1S/C15H21Br/c1-2-10-15(11-4-3-5-12-15)13-6-8-14(16)9-7-13/h6-9H,2-5,10-12H2,1H3. The van der Waals surface area contributed by atoms with Crippen molar-refractivity contribution in [2.45, 2.75) is 57.3 Å². The van der Waals surface area contributed by atoms with E-state index in [1.165, 1.54) is 49.4 Å². The fourth-order valence-electron chi connectivity index (χ4n) is 3.19. The molecule has 1 aromatic carbocycles. The number of rotatable bonds is 3. The molecule has 0 radical (unpaired) electrons. The van der Waals surface area contributed by atoms with Crippen LogP contribution in [0, 0.1) is 0 Å². The quantitative estimate of drug-likeness (QED) is 0.691. The van der Waals surface area contributed by atoms with Gasteiger partial charge in [-0.3, -0.25) is 0 Å². The van der Waals surface area contributed by atoms with Gasteiger partial charge in [-0.25, -0.2) is 0 Å². The van der Waals surface area contributed by atoms with Crippen molar-refractivity contribution in [3.05, 3.63) is 34.3 Å². The van der Waals surface area contributed by atoms with Crippen LogP contribution < -0.4 is 0 Å². The first kappa shape index (κ1) is 12.2. The highest BCUT2D eigenvalue weighted by atomic mass is 79.9. The van der Waals surface area contributed by atoms with E-state index in [0.29, 0.717) is 5.41 Å². The molecule has 16 heavy (non-hydrogen) atoms. The van der Waals surface area contributed by atoms with Crippen LogP contribution in [0.1, 0.15) is 57.4 Å². The molecule has 0 unspecified atom stereocenters. The van der Waals surface area contributed by atoms with Crippen LogP contribution >= 0.6 is 15.9 Å². The molecule has 88 valence electrons. The maximum atomic E-state index is 3.53. The van der Waals surface area contributed by atoms with Gasteiger partial charge in [0.15, 0.2) is 0 Å². The lowest BCUT2D eigenvalue weighted by atomic mass is 9.67. The Hall–Kier alpha value is -0.300. The van der Waals surface area contributed by atoms with Crippen molar-refractivity contribution in [1.82, 2.24) is 0 Å². The first-order valence-corrected chi connectivity index (χ1v) is 7.32. The van der Waals surface area contributed by atoms with Crippen LogP contribution in [0.2, 0.25) is 0 Å². The molecule has 2 rings (SSSR count). The van der Waals surface area contributed by atoms with Gasteiger partial charge in [0.05, 0.1) is 0 Å². The summed E-state index contributed by atoms with van der Waals surface area (Å²) in [6.45, 7) is 2.31. The SMILES string of the molecule is CCCC1(c2ccc(Br)cc2)CCCCC1. The highest BCUT2D eigenvalue weighted by molar-refractivity contribution is 9.10. The van der Waals surface area contributed by atoms with Gasteiger partial charge >= 0.3 is 0 Å².